The van der Waals surface area contributed by atoms with Gasteiger partial charge in [-0.15, -0.1) is 21.5 Å². The van der Waals surface area contributed by atoms with Gasteiger partial charge in [0, 0.05) is 17.0 Å². The van der Waals surface area contributed by atoms with Gasteiger partial charge in [0.05, 0.1) is 12.1 Å². The summed E-state index contributed by atoms with van der Waals surface area (Å²) in [4.78, 5) is 16.3. The minimum Gasteiger partial charge on any atom is -0.336 e. The van der Waals surface area contributed by atoms with Gasteiger partial charge >= 0.3 is 6.18 Å². The zero-order valence-electron chi connectivity index (χ0n) is 14.3. The molecule has 3 aromatic rings. The van der Waals surface area contributed by atoms with Crippen molar-refractivity contribution in [3.05, 3.63) is 52.2 Å². The van der Waals surface area contributed by atoms with E-state index in [4.69, 9.17) is 0 Å². The Morgan fingerprint density at radius 3 is 2.74 bits per heavy atom. The minimum absolute atomic E-state index is 0.0372. The Bertz CT molecular complexity index is 907. The van der Waals surface area contributed by atoms with Gasteiger partial charge in [-0.3, -0.25) is 4.79 Å². The van der Waals surface area contributed by atoms with Crippen LogP contribution in [0.25, 0.3) is 11.4 Å². The van der Waals surface area contributed by atoms with Crippen molar-refractivity contribution in [1.82, 2.24) is 25.1 Å². The molecule has 10 heteroatoms. The highest BCUT2D eigenvalue weighted by Crippen LogP contribution is 2.31. The molecule has 0 aliphatic rings. The summed E-state index contributed by atoms with van der Waals surface area (Å²) in [6, 6.07) is 8.54. The number of rotatable bonds is 6. The summed E-state index contributed by atoms with van der Waals surface area (Å²) in [5.74, 6) is -0.158. The molecule has 0 saturated heterocycles. The first-order chi connectivity index (χ1) is 12.9. The van der Waals surface area contributed by atoms with Crippen molar-refractivity contribution in [3.8, 4) is 11.4 Å². The molecule has 0 N–H and O–H groups in total. The van der Waals surface area contributed by atoms with E-state index in [1.54, 1.807) is 16.2 Å². The second-order valence-electron chi connectivity index (χ2n) is 5.71. The number of benzene rings is 1. The molecule has 0 aliphatic carbocycles. The highest BCUT2D eigenvalue weighted by Gasteiger charge is 2.30. The number of tetrazole rings is 1. The summed E-state index contributed by atoms with van der Waals surface area (Å²) < 4.78 is 38.5. The van der Waals surface area contributed by atoms with E-state index in [2.05, 4.69) is 15.4 Å². The number of alkyl halides is 3. The van der Waals surface area contributed by atoms with Gasteiger partial charge in [-0.2, -0.15) is 18.0 Å². The number of aromatic nitrogens is 4. The van der Waals surface area contributed by atoms with E-state index in [0.29, 0.717) is 13.1 Å². The quantitative estimate of drug-likeness (QED) is 0.641. The lowest BCUT2D eigenvalue weighted by Gasteiger charge is -2.19. The number of amides is 1. The van der Waals surface area contributed by atoms with E-state index in [9.17, 15) is 18.0 Å². The second-order valence-corrected chi connectivity index (χ2v) is 6.74. The van der Waals surface area contributed by atoms with Crippen LogP contribution in [0.2, 0.25) is 0 Å². The fourth-order valence-electron chi connectivity index (χ4n) is 2.45. The molecule has 0 spiro atoms. The number of carbonyl (C=O) groups excluding carboxylic acids is 1. The van der Waals surface area contributed by atoms with E-state index in [1.165, 1.54) is 12.1 Å². The van der Waals surface area contributed by atoms with E-state index >= 15 is 0 Å². The Hall–Kier alpha value is -2.75. The maximum Gasteiger partial charge on any atom is 0.416 e. The molecular weight excluding hydrogens is 379 g/mol. The number of likely N-dealkylation sites (N-methyl/N-ethyl adjacent to an activating group) is 1. The monoisotopic (exact) mass is 395 g/mol. The van der Waals surface area contributed by atoms with Crippen LogP contribution in [-0.4, -0.2) is 37.6 Å². The number of halogens is 3. The summed E-state index contributed by atoms with van der Waals surface area (Å²) in [7, 11) is 0. The van der Waals surface area contributed by atoms with Crippen molar-refractivity contribution in [2.75, 3.05) is 6.54 Å². The molecule has 0 aliphatic heterocycles. The van der Waals surface area contributed by atoms with Crippen LogP contribution in [0.5, 0.6) is 0 Å². The molecule has 2 heterocycles. The van der Waals surface area contributed by atoms with Crippen molar-refractivity contribution in [3.63, 3.8) is 0 Å². The van der Waals surface area contributed by atoms with Crippen LogP contribution in [-0.2, 0) is 24.1 Å². The number of hydrogen-bond donors (Lipinski definition) is 0. The van der Waals surface area contributed by atoms with Crippen molar-refractivity contribution in [2.45, 2.75) is 26.2 Å². The molecule has 27 heavy (non-hydrogen) atoms. The average molecular weight is 395 g/mol. The molecule has 3 rings (SSSR count). The molecule has 142 valence electrons. The normalized spacial score (nSPS) is 11.6. The van der Waals surface area contributed by atoms with Crippen LogP contribution in [0, 0.1) is 0 Å². The molecule has 0 fully saturated rings. The van der Waals surface area contributed by atoms with Crippen molar-refractivity contribution in [2.24, 2.45) is 0 Å². The molecule has 1 aromatic carbocycles. The Morgan fingerprint density at radius 2 is 2.07 bits per heavy atom. The Labute approximate surface area is 157 Å². The lowest BCUT2D eigenvalue weighted by Crippen LogP contribution is -2.33. The fraction of sp³-hybridized carbons (Fsp3) is 0.294. The van der Waals surface area contributed by atoms with Crippen LogP contribution in [0.3, 0.4) is 0 Å². The minimum atomic E-state index is -4.45. The fourth-order valence-corrected chi connectivity index (χ4v) is 3.17. The van der Waals surface area contributed by atoms with Gasteiger partial charge in [-0.1, -0.05) is 18.2 Å². The third-order valence-corrected chi connectivity index (χ3v) is 4.70. The predicted molar refractivity (Wildman–Crippen MR) is 93.7 cm³/mol. The van der Waals surface area contributed by atoms with E-state index in [1.807, 2.05) is 24.4 Å². The number of hydrogen-bond acceptors (Lipinski definition) is 5. The molecule has 6 nitrogen and oxygen atoms in total. The predicted octanol–water partition coefficient (Wildman–Crippen LogP) is 3.47. The summed E-state index contributed by atoms with van der Waals surface area (Å²) >= 11 is 1.56. The van der Waals surface area contributed by atoms with E-state index in [-0.39, 0.29) is 23.8 Å². The third-order valence-electron chi connectivity index (χ3n) is 3.84. The number of nitrogens with zero attached hydrogens (tertiary/aromatic N) is 5. The largest absolute Gasteiger partial charge is 0.416 e. The standard InChI is InChI=1S/C17H16F3N5OS/c1-2-24(10-14-7-4-8-27-14)15(26)11-25-22-16(21-23-25)12-5-3-6-13(9-12)17(18,19)20/h3-9H,2,10-11H2,1H3. The number of carbonyl (C=O) groups is 1. The van der Waals surface area contributed by atoms with Crippen molar-refractivity contribution in [1.29, 1.82) is 0 Å². The van der Waals surface area contributed by atoms with Gasteiger partial charge in [-0.25, -0.2) is 0 Å². The molecule has 2 aromatic heterocycles. The Balaban J connectivity index is 1.71. The zero-order valence-corrected chi connectivity index (χ0v) is 15.2. The van der Waals surface area contributed by atoms with Crippen LogP contribution in [0.1, 0.15) is 17.4 Å². The smallest absolute Gasteiger partial charge is 0.336 e. The van der Waals surface area contributed by atoms with Gasteiger partial charge < -0.3 is 4.90 Å². The maximum absolute atomic E-state index is 12.8. The molecular formula is C17H16F3N5OS. The second kappa shape index (κ2) is 7.87. The number of thiophene rings is 1. The average Bonchev–Trinajstić information content (AvgIpc) is 3.31. The SMILES string of the molecule is CCN(Cc1cccs1)C(=O)Cn1nnc(-c2cccc(C(F)(F)F)c2)n1. The molecule has 0 unspecified atom stereocenters. The summed E-state index contributed by atoms with van der Waals surface area (Å²) in [5, 5.41) is 13.5. The molecule has 0 atom stereocenters. The van der Waals surface area contributed by atoms with Gasteiger partial charge in [0.25, 0.3) is 0 Å². The molecule has 0 saturated carbocycles. The van der Waals surface area contributed by atoms with E-state index < -0.39 is 11.7 Å². The molecule has 0 radical (unpaired) electrons. The lowest BCUT2D eigenvalue weighted by atomic mass is 10.1. The van der Waals surface area contributed by atoms with E-state index in [0.717, 1.165) is 21.8 Å². The first-order valence-electron chi connectivity index (χ1n) is 8.12. The Morgan fingerprint density at radius 1 is 1.26 bits per heavy atom. The van der Waals surface area contributed by atoms with Crippen LogP contribution >= 0.6 is 11.3 Å². The first-order valence-corrected chi connectivity index (χ1v) is 9.00. The van der Waals surface area contributed by atoms with Gasteiger partial charge in [0.2, 0.25) is 11.7 Å². The van der Waals surface area contributed by atoms with Crippen molar-refractivity contribution < 1.29 is 18.0 Å². The zero-order chi connectivity index (χ0) is 19.4. The Kier molecular flexibility index (Phi) is 5.54. The van der Waals surface area contributed by atoms with Crippen LogP contribution in [0.15, 0.2) is 41.8 Å². The topological polar surface area (TPSA) is 63.9 Å². The summed E-state index contributed by atoms with van der Waals surface area (Å²) in [5.41, 5.74) is -0.602. The maximum atomic E-state index is 12.8. The first kappa shape index (κ1) is 19.0. The molecule has 1 amide bonds. The van der Waals surface area contributed by atoms with Crippen LogP contribution in [0.4, 0.5) is 13.2 Å². The van der Waals surface area contributed by atoms with Gasteiger partial charge in [0.1, 0.15) is 6.54 Å². The highest BCUT2D eigenvalue weighted by molar-refractivity contribution is 7.09. The lowest BCUT2D eigenvalue weighted by molar-refractivity contribution is -0.137. The van der Waals surface area contributed by atoms with Crippen LogP contribution < -0.4 is 0 Å². The van der Waals surface area contributed by atoms with Crippen molar-refractivity contribution >= 4 is 17.2 Å². The highest BCUT2D eigenvalue weighted by atomic mass is 32.1. The molecule has 0 bridgehead atoms. The summed E-state index contributed by atoms with van der Waals surface area (Å²) in [6.07, 6.45) is -4.45. The summed E-state index contributed by atoms with van der Waals surface area (Å²) in [6.45, 7) is 2.74. The van der Waals surface area contributed by atoms with Gasteiger partial charge in [0.15, 0.2) is 0 Å². The third kappa shape index (κ3) is 4.70. The van der Waals surface area contributed by atoms with Gasteiger partial charge in [-0.05, 0) is 35.7 Å².